The van der Waals surface area contributed by atoms with E-state index in [1.807, 2.05) is 0 Å². The van der Waals surface area contributed by atoms with Crippen LogP contribution >= 0.6 is 50.9 Å². The summed E-state index contributed by atoms with van der Waals surface area (Å²) >= 11 is 16.6. The fourth-order valence-corrected chi connectivity index (χ4v) is 4.82. The summed E-state index contributed by atoms with van der Waals surface area (Å²) in [6, 6.07) is 8.32. The predicted molar refractivity (Wildman–Crippen MR) is 131 cm³/mol. The number of carbonyl (C=O) groups is 3. The molecule has 1 aliphatic rings. The fourth-order valence-electron chi connectivity index (χ4n) is 2.89. The number of esters is 1. The Labute approximate surface area is 213 Å². The summed E-state index contributed by atoms with van der Waals surface area (Å²) in [5.41, 5.74) is 1.09. The molecule has 1 fully saturated rings. The van der Waals surface area contributed by atoms with Crippen molar-refractivity contribution < 1.29 is 28.6 Å². The highest BCUT2D eigenvalue weighted by Gasteiger charge is 2.35. The first-order valence-electron chi connectivity index (χ1n) is 9.59. The Kier molecular flexibility index (Phi) is 8.69. The quantitative estimate of drug-likeness (QED) is 0.285. The molecule has 0 N–H and O–H groups in total. The van der Waals surface area contributed by atoms with Crippen molar-refractivity contribution in [3.63, 3.8) is 0 Å². The predicted octanol–water partition coefficient (Wildman–Crippen LogP) is 5.94. The van der Waals surface area contributed by atoms with Crippen LogP contribution in [-0.2, 0) is 20.9 Å². The van der Waals surface area contributed by atoms with Crippen LogP contribution in [0.25, 0.3) is 6.08 Å². The topological polar surface area (TPSA) is 82.1 Å². The van der Waals surface area contributed by atoms with E-state index < -0.39 is 17.1 Å². The lowest BCUT2D eigenvalue weighted by molar-refractivity contribution is -0.143. The third-order valence-electron chi connectivity index (χ3n) is 4.44. The largest absolute Gasteiger partial charge is 0.490 e. The van der Waals surface area contributed by atoms with Gasteiger partial charge in [-0.1, -0.05) is 29.3 Å². The molecule has 0 radical (unpaired) electrons. The summed E-state index contributed by atoms with van der Waals surface area (Å²) in [5.74, 6) is -0.313. The average Bonchev–Trinajstić information content (AvgIpc) is 3.02. The van der Waals surface area contributed by atoms with Gasteiger partial charge in [0.15, 0.2) is 18.1 Å². The van der Waals surface area contributed by atoms with Crippen LogP contribution < -0.4 is 9.47 Å². The molecular weight excluding hydrogens is 557 g/mol. The van der Waals surface area contributed by atoms with Crippen molar-refractivity contribution >= 4 is 74.1 Å². The maximum absolute atomic E-state index is 12.9. The van der Waals surface area contributed by atoms with Crippen molar-refractivity contribution in [2.45, 2.75) is 13.5 Å². The lowest BCUT2D eigenvalue weighted by Crippen LogP contribution is -2.27. The Hall–Kier alpha value is -2.20. The zero-order chi connectivity index (χ0) is 24.1. The Morgan fingerprint density at radius 3 is 2.52 bits per heavy atom. The molecule has 0 atom stereocenters. The van der Waals surface area contributed by atoms with Crippen molar-refractivity contribution in [1.29, 1.82) is 0 Å². The highest BCUT2D eigenvalue weighted by Crippen LogP contribution is 2.40. The van der Waals surface area contributed by atoms with Crippen molar-refractivity contribution in [3.05, 3.63) is 60.9 Å². The zero-order valence-corrected chi connectivity index (χ0v) is 21.4. The highest BCUT2D eigenvalue weighted by molar-refractivity contribution is 9.10. The van der Waals surface area contributed by atoms with E-state index in [-0.39, 0.29) is 18.1 Å². The van der Waals surface area contributed by atoms with Crippen molar-refractivity contribution in [1.82, 2.24) is 4.90 Å². The molecule has 11 heteroatoms. The summed E-state index contributed by atoms with van der Waals surface area (Å²) < 4.78 is 16.2. The maximum atomic E-state index is 12.9. The molecule has 0 bridgehead atoms. The number of nitrogens with zero attached hydrogens (tertiary/aromatic N) is 1. The number of hydrogen-bond acceptors (Lipinski definition) is 7. The number of benzene rings is 2. The van der Waals surface area contributed by atoms with Crippen LogP contribution in [0.4, 0.5) is 4.79 Å². The molecular formula is C22H18BrCl2NO6S. The zero-order valence-electron chi connectivity index (χ0n) is 17.5. The van der Waals surface area contributed by atoms with Crippen molar-refractivity contribution in [2.24, 2.45) is 0 Å². The first-order valence-corrected chi connectivity index (χ1v) is 12.0. The molecule has 3 rings (SSSR count). The van der Waals surface area contributed by atoms with E-state index >= 15 is 0 Å². The van der Waals surface area contributed by atoms with E-state index in [4.69, 9.17) is 32.7 Å². The molecule has 174 valence electrons. The van der Waals surface area contributed by atoms with E-state index in [0.717, 1.165) is 16.7 Å². The first-order chi connectivity index (χ1) is 15.7. The number of carbonyl (C=O) groups excluding carboxylic acids is 3. The summed E-state index contributed by atoms with van der Waals surface area (Å²) in [4.78, 5) is 38.2. The standard InChI is InChI=1S/C22H18BrCl2NO6S/c1-3-31-17-8-12(7-14(23)20(17)32-11-19(27)30-2)9-18-21(28)26(22(29)33-18)10-13-15(24)5-4-6-16(13)25/h4-9H,3,10-11H2,1-2H3/b18-9-. The molecule has 1 aliphatic heterocycles. The molecule has 2 aromatic carbocycles. The van der Waals surface area contributed by atoms with Crippen molar-refractivity contribution in [2.75, 3.05) is 20.3 Å². The van der Waals surface area contributed by atoms with Gasteiger partial charge in [-0.15, -0.1) is 0 Å². The maximum Gasteiger partial charge on any atom is 0.343 e. The second-order valence-electron chi connectivity index (χ2n) is 6.60. The monoisotopic (exact) mass is 573 g/mol. The lowest BCUT2D eigenvalue weighted by Gasteiger charge is -2.15. The lowest BCUT2D eigenvalue weighted by atomic mass is 10.1. The fraction of sp³-hybridized carbons (Fsp3) is 0.227. The van der Waals surface area contributed by atoms with Gasteiger partial charge < -0.3 is 14.2 Å². The van der Waals surface area contributed by atoms with E-state index in [1.54, 1.807) is 43.3 Å². The van der Waals surface area contributed by atoms with Crippen LogP contribution in [0.5, 0.6) is 11.5 Å². The molecule has 33 heavy (non-hydrogen) atoms. The van der Waals surface area contributed by atoms with Gasteiger partial charge >= 0.3 is 5.97 Å². The third-order valence-corrected chi connectivity index (χ3v) is 6.65. The molecule has 2 aromatic rings. The molecule has 2 amide bonds. The van der Waals surface area contributed by atoms with Crippen LogP contribution in [0.3, 0.4) is 0 Å². The number of hydrogen-bond donors (Lipinski definition) is 0. The number of thioether (sulfide) groups is 1. The number of rotatable bonds is 8. The van der Waals surface area contributed by atoms with Crippen LogP contribution in [-0.4, -0.2) is 42.3 Å². The van der Waals surface area contributed by atoms with Crippen LogP contribution in [0, 0.1) is 0 Å². The molecule has 7 nitrogen and oxygen atoms in total. The van der Waals surface area contributed by atoms with Gasteiger partial charge in [-0.2, -0.15) is 0 Å². The molecule has 0 unspecified atom stereocenters. The Morgan fingerprint density at radius 2 is 1.88 bits per heavy atom. The van der Waals surface area contributed by atoms with Gasteiger partial charge in [0.25, 0.3) is 11.1 Å². The third kappa shape index (κ3) is 6.03. The van der Waals surface area contributed by atoms with Crippen molar-refractivity contribution in [3.8, 4) is 11.5 Å². The minimum absolute atomic E-state index is 0.0330. The number of ether oxygens (including phenoxy) is 3. The molecule has 0 aromatic heterocycles. The molecule has 0 saturated carbocycles. The van der Waals surface area contributed by atoms with Crippen LogP contribution in [0.1, 0.15) is 18.1 Å². The Bertz CT molecular complexity index is 1120. The number of imide groups is 1. The molecule has 1 heterocycles. The molecule has 1 saturated heterocycles. The Balaban J connectivity index is 1.87. The summed E-state index contributed by atoms with van der Waals surface area (Å²) in [6.07, 6.45) is 1.58. The summed E-state index contributed by atoms with van der Waals surface area (Å²) in [7, 11) is 1.26. The first kappa shape index (κ1) is 25.4. The minimum Gasteiger partial charge on any atom is -0.490 e. The van der Waals surface area contributed by atoms with Crippen LogP contribution in [0.2, 0.25) is 10.0 Å². The number of halogens is 3. The Morgan fingerprint density at radius 1 is 1.18 bits per heavy atom. The van der Waals surface area contributed by atoms with E-state index in [0.29, 0.717) is 43.8 Å². The second-order valence-corrected chi connectivity index (χ2v) is 9.26. The molecule has 0 spiro atoms. The highest BCUT2D eigenvalue weighted by atomic mass is 79.9. The summed E-state index contributed by atoms with van der Waals surface area (Å²) in [6.45, 7) is 1.82. The van der Waals surface area contributed by atoms with Crippen LogP contribution in [0.15, 0.2) is 39.7 Å². The minimum atomic E-state index is -0.541. The SMILES string of the molecule is CCOc1cc(/C=C2\SC(=O)N(Cc3c(Cl)cccc3Cl)C2=O)cc(Br)c1OCC(=O)OC. The van der Waals surface area contributed by atoms with E-state index in [1.165, 1.54) is 7.11 Å². The van der Waals surface area contributed by atoms with E-state index in [2.05, 4.69) is 20.7 Å². The normalized spacial score (nSPS) is 14.7. The average molecular weight is 575 g/mol. The summed E-state index contributed by atoms with van der Waals surface area (Å²) in [5, 5.41) is 0.320. The smallest absolute Gasteiger partial charge is 0.343 e. The van der Waals surface area contributed by atoms with Gasteiger partial charge in [0.05, 0.1) is 29.6 Å². The van der Waals surface area contributed by atoms with Gasteiger partial charge in [-0.05, 0) is 70.5 Å². The van der Waals surface area contributed by atoms with Gasteiger partial charge in [-0.3, -0.25) is 14.5 Å². The number of methoxy groups -OCH3 is 1. The number of amides is 2. The van der Waals surface area contributed by atoms with E-state index in [9.17, 15) is 14.4 Å². The second kappa shape index (κ2) is 11.3. The van der Waals surface area contributed by atoms with Gasteiger partial charge in [-0.25, -0.2) is 4.79 Å². The van der Waals surface area contributed by atoms with Gasteiger partial charge in [0.2, 0.25) is 0 Å². The molecule has 0 aliphatic carbocycles. The van der Waals surface area contributed by atoms with Gasteiger partial charge in [0.1, 0.15) is 0 Å². The van der Waals surface area contributed by atoms with Gasteiger partial charge in [0, 0.05) is 15.6 Å².